The van der Waals surface area contributed by atoms with Crippen LogP contribution in [0, 0.1) is 11.3 Å². The van der Waals surface area contributed by atoms with Crippen molar-refractivity contribution >= 4 is 28.5 Å². The van der Waals surface area contributed by atoms with Gasteiger partial charge in [0, 0.05) is 31.9 Å². The molecule has 7 nitrogen and oxygen atoms in total. The highest BCUT2D eigenvalue weighted by atomic mass is 16.5. The minimum Gasteiger partial charge on any atom is -0.468 e. The largest absolute Gasteiger partial charge is 0.468 e. The van der Waals surface area contributed by atoms with Crippen LogP contribution in [0.3, 0.4) is 0 Å². The molecule has 7 heteroatoms. The van der Waals surface area contributed by atoms with E-state index >= 15 is 0 Å². The number of methoxy groups -OCH3 is 1. The number of esters is 1. The lowest BCUT2D eigenvalue weighted by Crippen LogP contribution is -2.47. The maximum absolute atomic E-state index is 12.2. The van der Waals surface area contributed by atoms with Crippen LogP contribution in [0.15, 0.2) is 54.6 Å². The predicted octanol–water partition coefficient (Wildman–Crippen LogP) is 2.74. The molecule has 1 saturated heterocycles. The van der Waals surface area contributed by atoms with Gasteiger partial charge in [-0.15, -0.1) is 0 Å². The van der Waals surface area contributed by atoms with Gasteiger partial charge in [0.25, 0.3) is 0 Å². The van der Waals surface area contributed by atoms with Gasteiger partial charge in [-0.2, -0.15) is 5.26 Å². The Hall–Kier alpha value is -3.66. The number of nitriles is 1. The van der Waals surface area contributed by atoms with Crippen molar-refractivity contribution in [3.8, 4) is 6.07 Å². The molecule has 2 aromatic carbocycles. The molecule has 3 aromatic rings. The number of piperazine rings is 1. The fourth-order valence-corrected chi connectivity index (χ4v) is 3.59. The second kappa shape index (κ2) is 8.15. The van der Waals surface area contributed by atoms with Gasteiger partial charge in [0.15, 0.2) is 11.7 Å². The Morgan fingerprint density at radius 3 is 2.17 bits per heavy atom. The van der Waals surface area contributed by atoms with Gasteiger partial charge in [-0.25, -0.2) is 9.97 Å². The van der Waals surface area contributed by atoms with E-state index in [2.05, 4.69) is 26.9 Å². The van der Waals surface area contributed by atoms with E-state index in [1.54, 1.807) is 0 Å². The van der Waals surface area contributed by atoms with E-state index < -0.39 is 11.9 Å². The van der Waals surface area contributed by atoms with Gasteiger partial charge in [-0.3, -0.25) is 4.79 Å². The van der Waals surface area contributed by atoms with Gasteiger partial charge in [-0.1, -0.05) is 30.3 Å². The fourth-order valence-electron chi connectivity index (χ4n) is 3.59. The highest BCUT2D eigenvalue weighted by Crippen LogP contribution is 2.29. The molecule has 4 rings (SSSR count). The highest BCUT2D eigenvalue weighted by Gasteiger charge is 2.30. The predicted molar refractivity (Wildman–Crippen MR) is 111 cm³/mol. The van der Waals surface area contributed by atoms with Crippen LogP contribution in [-0.4, -0.2) is 49.2 Å². The summed E-state index contributed by atoms with van der Waals surface area (Å²) in [5, 5.41) is 9.62. The Labute approximate surface area is 169 Å². The monoisotopic (exact) mass is 387 g/mol. The summed E-state index contributed by atoms with van der Waals surface area (Å²) < 4.78 is 4.83. The van der Waals surface area contributed by atoms with Crippen LogP contribution >= 0.6 is 0 Å². The summed E-state index contributed by atoms with van der Waals surface area (Å²) in [7, 11) is 1.28. The molecule has 0 N–H and O–H groups in total. The quantitative estimate of drug-likeness (QED) is 0.637. The van der Waals surface area contributed by atoms with Gasteiger partial charge in [0.2, 0.25) is 0 Å². The van der Waals surface area contributed by atoms with Crippen LogP contribution in [-0.2, 0) is 9.53 Å². The number of aromatic nitrogens is 2. The molecule has 0 amide bonds. The number of carbonyl (C=O) groups excluding carboxylic acids is 1. The van der Waals surface area contributed by atoms with E-state index in [-0.39, 0.29) is 0 Å². The lowest BCUT2D eigenvalue weighted by atomic mass is 10.1. The Balaban J connectivity index is 1.68. The van der Waals surface area contributed by atoms with Gasteiger partial charge in [-0.05, 0) is 24.3 Å². The molecule has 29 heavy (non-hydrogen) atoms. The first-order valence-corrected chi connectivity index (χ1v) is 9.50. The van der Waals surface area contributed by atoms with E-state index in [1.165, 1.54) is 12.8 Å². The number of ether oxygens (including phenoxy) is 1. The zero-order valence-electron chi connectivity index (χ0n) is 16.2. The molecule has 1 atom stereocenters. The summed E-state index contributed by atoms with van der Waals surface area (Å²) in [6.07, 6.45) is 0. The molecule has 146 valence electrons. The van der Waals surface area contributed by atoms with Crippen molar-refractivity contribution < 1.29 is 9.53 Å². The Kier molecular flexibility index (Phi) is 5.25. The fraction of sp³-hybridized carbons (Fsp3) is 0.273. The van der Waals surface area contributed by atoms with Crippen molar-refractivity contribution in [3.63, 3.8) is 0 Å². The van der Waals surface area contributed by atoms with Crippen LogP contribution in [0.1, 0.15) is 11.6 Å². The molecule has 2 heterocycles. The number of fused-ring (bicyclic) bond motifs is 1. The summed E-state index contributed by atoms with van der Waals surface area (Å²) in [6.45, 7) is 3.06. The molecule has 0 saturated carbocycles. The average Bonchev–Trinajstić information content (AvgIpc) is 2.79. The standard InChI is InChI=1S/C22H21N5O2/c1-29-22(28)17(15-23)20-21(25-19-10-6-5-9-18(19)24-20)27-13-11-26(12-14-27)16-7-3-2-4-8-16/h2-10,17H,11-14H2,1H3/t17-/m1/s1. The molecule has 0 bridgehead atoms. The number of anilines is 2. The zero-order valence-corrected chi connectivity index (χ0v) is 16.2. The summed E-state index contributed by atoms with van der Waals surface area (Å²) in [4.78, 5) is 26.0. The minimum atomic E-state index is -1.11. The van der Waals surface area contributed by atoms with Gasteiger partial charge >= 0.3 is 5.97 Å². The Bertz CT molecular complexity index is 1060. The summed E-state index contributed by atoms with van der Waals surface area (Å²) >= 11 is 0. The van der Waals surface area contributed by atoms with Crippen molar-refractivity contribution in [2.75, 3.05) is 43.1 Å². The van der Waals surface area contributed by atoms with Crippen molar-refractivity contribution in [2.45, 2.75) is 5.92 Å². The SMILES string of the molecule is COC(=O)[C@H](C#N)c1nc2ccccc2nc1N1CCN(c2ccccc2)CC1. The van der Waals surface area contributed by atoms with Crippen molar-refractivity contribution in [1.82, 2.24) is 9.97 Å². The number of para-hydroxylation sites is 3. The van der Waals surface area contributed by atoms with Gasteiger partial charge in [0.05, 0.1) is 24.2 Å². The molecule has 1 aliphatic heterocycles. The number of hydrogen-bond acceptors (Lipinski definition) is 7. The summed E-state index contributed by atoms with van der Waals surface area (Å²) in [6, 6.07) is 19.8. The summed E-state index contributed by atoms with van der Waals surface area (Å²) in [5.74, 6) is -1.16. The van der Waals surface area contributed by atoms with E-state index in [9.17, 15) is 10.1 Å². The molecular weight excluding hydrogens is 366 g/mol. The molecular formula is C22H21N5O2. The molecule has 0 radical (unpaired) electrons. The first kappa shape index (κ1) is 18.7. The molecule has 1 aromatic heterocycles. The number of nitrogens with zero attached hydrogens (tertiary/aromatic N) is 5. The van der Waals surface area contributed by atoms with E-state index in [0.29, 0.717) is 30.1 Å². The third-order valence-corrected chi connectivity index (χ3v) is 5.12. The first-order chi connectivity index (χ1) is 14.2. The average molecular weight is 387 g/mol. The van der Waals surface area contributed by atoms with Crippen LogP contribution < -0.4 is 9.80 Å². The maximum atomic E-state index is 12.2. The highest BCUT2D eigenvalue weighted by molar-refractivity contribution is 5.85. The Morgan fingerprint density at radius 2 is 1.55 bits per heavy atom. The van der Waals surface area contributed by atoms with Crippen molar-refractivity contribution in [3.05, 3.63) is 60.3 Å². The van der Waals surface area contributed by atoms with Crippen LogP contribution in [0.25, 0.3) is 11.0 Å². The molecule has 1 aliphatic rings. The second-order valence-electron chi connectivity index (χ2n) is 6.82. The van der Waals surface area contributed by atoms with Crippen LogP contribution in [0.5, 0.6) is 0 Å². The number of carbonyl (C=O) groups is 1. The molecule has 0 unspecified atom stereocenters. The lowest BCUT2D eigenvalue weighted by molar-refractivity contribution is -0.141. The van der Waals surface area contributed by atoms with E-state index in [1.807, 2.05) is 48.5 Å². The third kappa shape index (κ3) is 3.69. The Morgan fingerprint density at radius 1 is 0.966 bits per heavy atom. The topological polar surface area (TPSA) is 82.3 Å². The lowest BCUT2D eigenvalue weighted by Gasteiger charge is -2.37. The second-order valence-corrected chi connectivity index (χ2v) is 6.82. The normalized spacial score (nSPS) is 15.0. The van der Waals surface area contributed by atoms with Crippen LogP contribution in [0.2, 0.25) is 0 Å². The van der Waals surface area contributed by atoms with Crippen LogP contribution in [0.4, 0.5) is 11.5 Å². The molecule has 1 fully saturated rings. The maximum Gasteiger partial charge on any atom is 0.329 e. The minimum absolute atomic E-state index is 0.353. The van der Waals surface area contributed by atoms with Crippen molar-refractivity contribution in [2.24, 2.45) is 0 Å². The van der Waals surface area contributed by atoms with Gasteiger partial charge < -0.3 is 14.5 Å². The summed E-state index contributed by atoms with van der Waals surface area (Å²) in [5.41, 5.74) is 2.92. The van der Waals surface area contributed by atoms with E-state index in [4.69, 9.17) is 9.72 Å². The van der Waals surface area contributed by atoms with E-state index in [0.717, 1.165) is 18.6 Å². The number of hydrogen-bond donors (Lipinski definition) is 0. The molecule has 0 spiro atoms. The van der Waals surface area contributed by atoms with Gasteiger partial charge in [0.1, 0.15) is 5.69 Å². The number of rotatable bonds is 4. The first-order valence-electron chi connectivity index (χ1n) is 9.50. The third-order valence-electron chi connectivity index (χ3n) is 5.12. The van der Waals surface area contributed by atoms with Crippen molar-refractivity contribution in [1.29, 1.82) is 5.26 Å². The zero-order chi connectivity index (χ0) is 20.2. The number of benzene rings is 2. The molecule has 0 aliphatic carbocycles. The smallest absolute Gasteiger partial charge is 0.329 e.